The molecular weight excluding hydrogens is 186 g/mol. The third kappa shape index (κ3) is 4.49. The molecule has 0 aliphatic carbocycles. The Morgan fingerprint density at radius 2 is 1.67 bits per heavy atom. The number of hydrogen-bond acceptors (Lipinski definition) is 3. The second-order valence-electron chi connectivity index (χ2n) is 4.95. The number of piperazine rings is 1. The molecule has 0 bridgehead atoms. The summed E-state index contributed by atoms with van der Waals surface area (Å²) < 4.78 is 0. The van der Waals surface area contributed by atoms with E-state index in [4.69, 9.17) is 0 Å². The zero-order valence-corrected chi connectivity index (χ0v) is 10.8. The second kappa shape index (κ2) is 6.46. The van der Waals surface area contributed by atoms with Gasteiger partial charge in [0.05, 0.1) is 0 Å². The zero-order valence-electron chi connectivity index (χ0n) is 10.8. The molecule has 0 radical (unpaired) electrons. The van der Waals surface area contributed by atoms with Crippen LogP contribution in [-0.2, 0) is 0 Å². The molecule has 0 aromatic rings. The van der Waals surface area contributed by atoms with Crippen LogP contribution in [0.4, 0.5) is 0 Å². The lowest BCUT2D eigenvalue weighted by atomic mass is 10.2. The van der Waals surface area contributed by atoms with Crippen molar-refractivity contribution in [3.8, 4) is 0 Å². The van der Waals surface area contributed by atoms with Gasteiger partial charge in [-0.25, -0.2) is 0 Å². The van der Waals surface area contributed by atoms with Crippen molar-refractivity contribution in [3.63, 3.8) is 0 Å². The molecular formula is C12H27N3. The molecule has 0 amide bonds. The SMILES string of the molecule is CNC(C)CCN1CCN(C(C)C)CC1. The zero-order chi connectivity index (χ0) is 11.3. The molecule has 1 atom stereocenters. The van der Waals surface area contributed by atoms with E-state index in [1.165, 1.54) is 39.1 Å². The fourth-order valence-corrected chi connectivity index (χ4v) is 2.02. The molecule has 1 unspecified atom stereocenters. The first-order valence-electron chi connectivity index (χ1n) is 6.27. The summed E-state index contributed by atoms with van der Waals surface area (Å²) in [5, 5.41) is 3.29. The molecule has 1 saturated heterocycles. The van der Waals surface area contributed by atoms with Crippen LogP contribution >= 0.6 is 0 Å². The third-order valence-electron chi connectivity index (χ3n) is 3.51. The van der Waals surface area contributed by atoms with Gasteiger partial charge in [-0.1, -0.05) is 0 Å². The van der Waals surface area contributed by atoms with Crippen LogP contribution in [0.25, 0.3) is 0 Å². The van der Waals surface area contributed by atoms with E-state index in [1.54, 1.807) is 0 Å². The summed E-state index contributed by atoms with van der Waals surface area (Å²) in [6.07, 6.45) is 1.26. The lowest BCUT2D eigenvalue weighted by Crippen LogP contribution is -2.49. The molecule has 1 rings (SSSR count). The summed E-state index contributed by atoms with van der Waals surface area (Å²) in [4.78, 5) is 5.16. The summed E-state index contributed by atoms with van der Waals surface area (Å²) in [5.41, 5.74) is 0. The molecule has 1 fully saturated rings. The van der Waals surface area contributed by atoms with Crippen LogP contribution in [0.2, 0.25) is 0 Å². The molecule has 0 spiro atoms. The van der Waals surface area contributed by atoms with Crippen LogP contribution in [0.5, 0.6) is 0 Å². The molecule has 3 heteroatoms. The van der Waals surface area contributed by atoms with Gasteiger partial charge in [-0.2, -0.15) is 0 Å². The van der Waals surface area contributed by atoms with Gasteiger partial charge in [0.2, 0.25) is 0 Å². The Morgan fingerprint density at radius 1 is 1.07 bits per heavy atom. The van der Waals surface area contributed by atoms with E-state index >= 15 is 0 Å². The first kappa shape index (κ1) is 12.9. The number of rotatable bonds is 5. The van der Waals surface area contributed by atoms with Crippen molar-refractivity contribution in [2.75, 3.05) is 39.8 Å². The highest BCUT2D eigenvalue weighted by molar-refractivity contribution is 4.75. The fraction of sp³-hybridized carbons (Fsp3) is 1.00. The topological polar surface area (TPSA) is 18.5 Å². The van der Waals surface area contributed by atoms with E-state index in [-0.39, 0.29) is 0 Å². The van der Waals surface area contributed by atoms with Crippen LogP contribution in [0, 0.1) is 0 Å². The van der Waals surface area contributed by atoms with Gasteiger partial charge in [0, 0.05) is 38.3 Å². The van der Waals surface area contributed by atoms with E-state index < -0.39 is 0 Å². The van der Waals surface area contributed by atoms with Crippen molar-refractivity contribution >= 4 is 0 Å². The molecule has 90 valence electrons. The molecule has 1 N–H and O–H groups in total. The highest BCUT2D eigenvalue weighted by atomic mass is 15.3. The lowest BCUT2D eigenvalue weighted by molar-refractivity contribution is 0.106. The van der Waals surface area contributed by atoms with Gasteiger partial charge in [-0.15, -0.1) is 0 Å². The smallest absolute Gasteiger partial charge is 0.0113 e. The van der Waals surface area contributed by atoms with E-state index in [0.29, 0.717) is 12.1 Å². The van der Waals surface area contributed by atoms with Crippen molar-refractivity contribution in [2.45, 2.75) is 39.3 Å². The standard InChI is InChI=1S/C12H27N3/c1-11(2)15-9-7-14(8-10-15)6-5-12(3)13-4/h11-13H,5-10H2,1-4H3. The fourth-order valence-electron chi connectivity index (χ4n) is 2.02. The van der Waals surface area contributed by atoms with Crippen molar-refractivity contribution in [1.82, 2.24) is 15.1 Å². The van der Waals surface area contributed by atoms with Crippen LogP contribution < -0.4 is 5.32 Å². The molecule has 3 nitrogen and oxygen atoms in total. The van der Waals surface area contributed by atoms with Crippen LogP contribution in [0.3, 0.4) is 0 Å². The largest absolute Gasteiger partial charge is 0.317 e. The maximum Gasteiger partial charge on any atom is 0.0113 e. The van der Waals surface area contributed by atoms with Gasteiger partial charge in [0.1, 0.15) is 0 Å². The Kier molecular flexibility index (Phi) is 5.58. The highest BCUT2D eigenvalue weighted by Crippen LogP contribution is 2.06. The molecule has 1 heterocycles. The van der Waals surface area contributed by atoms with E-state index in [0.717, 1.165) is 0 Å². The average molecular weight is 213 g/mol. The third-order valence-corrected chi connectivity index (χ3v) is 3.51. The Hall–Kier alpha value is -0.120. The molecule has 0 aromatic carbocycles. The van der Waals surface area contributed by atoms with Crippen LogP contribution in [0.15, 0.2) is 0 Å². The summed E-state index contributed by atoms with van der Waals surface area (Å²) in [6, 6.07) is 1.36. The van der Waals surface area contributed by atoms with Gasteiger partial charge < -0.3 is 10.2 Å². The van der Waals surface area contributed by atoms with Crippen LogP contribution in [-0.4, -0.2) is 61.7 Å². The van der Waals surface area contributed by atoms with Crippen molar-refractivity contribution in [1.29, 1.82) is 0 Å². The van der Waals surface area contributed by atoms with E-state index in [2.05, 4.69) is 35.9 Å². The number of nitrogens with zero attached hydrogens (tertiary/aromatic N) is 2. The molecule has 0 saturated carbocycles. The Morgan fingerprint density at radius 3 is 2.13 bits per heavy atom. The minimum Gasteiger partial charge on any atom is -0.317 e. The monoisotopic (exact) mass is 213 g/mol. The van der Waals surface area contributed by atoms with Gasteiger partial charge >= 0.3 is 0 Å². The predicted molar refractivity (Wildman–Crippen MR) is 66.3 cm³/mol. The molecule has 15 heavy (non-hydrogen) atoms. The predicted octanol–water partition coefficient (Wildman–Crippen LogP) is 1.01. The summed E-state index contributed by atoms with van der Waals surface area (Å²) >= 11 is 0. The second-order valence-corrected chi connectivity index (χ2v) is 4.95. The van der Waals surface area contributed by atoms with Gasteiger partial charge in [0.15, 0.2) is 0 Å². The maximum atomic E-state index is 3.29. The Labute approximate surface area is 94.8 Å². The van der Waals surface area contributed by atoms with Crippen molar-refractivity contribution < 1.29 is 0 Å². The van der Waals surface area contributed by atoms with Crippen LogP contribution in [0.1, 0.15) is 27.2 Å². The van der Waals surface area contributed by atoms with Gasteiger partial charge in [0.25, 0.3) is 0 Å². The normalized spacial score (nSPS) is 22.2. The van der Waals surface area contributed by atoms with E-state index in [1.807, 2.05) is 7.05 Å². The first-order valence-corrected chi connectivity index (χ1v) is 6.27. The Bertz CT molecular complexity index is 162. The summed E-state index contributed by atoms with van der Waals surface area (Å²) in [7, 11) is 2.04. The van der Waals surface area contributed by atoms with Crippen molar-refractivity contribution in [3.05, 3.63) is 0 Å². The van der Waals surface area contributed by atoms with Gasteiger partial charge in [-0.05, 0) is 40.8 Å². The van der Waals surface area contributed by atoms with E-state index in [9.17, 15) is 0 Å². The number of hydrogen-bond donors (Lipinski definition) is 1. The maximum absolute atomic E-state index is 3.29. The lowest BCUT2D eigenvalue weighted by Gasteiger charge is -2.37. The molecule has 1 aliphatic heterocycles. The van der Waals surface area contributed by atoms with Crippen molar-refractivity contribution in [2.24, 2.45) is 0 Å². The molecule has 0 aromatic heterocycles. The number of nitrogens with one attached hydrogen (secondary N) is 1. The Balaban J connectivity index is 2.14. The average Bonchev–Trinajstić information content (AvgIpc) is 2.26. The quantitative estimate of drug-likeness (QED) is 0.735. The summed E-state index contributed by atoms with van der Waals surface area (Å²) in [5.74, 6) is 0. The minimum absolute atomic E-state index is 0.646. The minimum atomic E-state index is 0.646. The highest BCUT2D eigenvalue weighted by Gasteiger charge is 2.18. The first-order chi connectivity index (χ1) is 7.13. The molecule has 1 aliphatic rings. The van der Waals surface area contributed by atoms with Gasteiger partial charge in [-0.3, -0.25) is 4.90 Å². The summed E-state index contributed by atoms with van der Waals surface area (Å²) in [6.45, 7) is 13.1.